The Balaban J connectivity index is 2.07. The monoisotopic (exact) mass is 437 g/mol. The van der Waals surface area contributed by atoms with E-state index in [1.54, 1.807) is 13.8 Å². The van der Waals surface area contributed by atoms with Crippen LogP contribution in [-0.2, 0) is 22.2 Å². The van der Waals surface area contributed by atoms with Crippen LogP contribution < -0.4 is 11.1 Å². The van der Waals surface area contributed by atoms with Crippen molar-refractivity contribution in [2.24, 2.45) is 5.73 Å². The lowest BCUT2D eigenvalue weighted by molar-refractivity contribution is -0.137. The SMILES string of the molecule is Cc1nc(SC(C)C(=O)Nc2ccc(Cl)c(C(F)(F)F)c2)sc1CC(N)=O. The van der Waals surface area contributed by atoms with Crippen molar-refractivity contribution in [3.63, 3.8) is 0 Å². The standard InChI is InChI=1S/C16H15ClF3N3O2S2/c1-7-12(6-13(21)24)27-15(22-7)26-8(2)14(25)23-9-3-4-11(17)10(5-9)16(18,19)20/h3-5,8H,6H2,1-2H3,(H2,21,24)(H,23,25). The molecule has 0 aliphatic carbocycles. The van der Waals surface area contributed by atoms with Gasteiger partial charge in [0.1, 0.15) is 0 Å². The number of thioether (sulfide) groups is 1. The van der Waals surface area contributed by atoms with E-state index in [1.165, 1.54) is 17.4 Å². The van der Waals surface area contributed by atoms with Gasteiger partial charge in [0.2, 0.25) is 11.8 Å². The summed E-state index contributed by atoms with van der Waals surface area (Å²) in [7, 11) is 0. The van der Waals surface area contributed by atoms with Crippen LogP contribution >= 0.6 is 34.7 Å². The number of nitrogens with two attached hydrogens (primary N) is 1. The topological polar surface area (TPSA) is 85.1 Å². The third-order valence-electron chi connectivity index (χ3n) is 3.39. The Morgan fingerprint density at radius 1 is 1.41 bits per heavy atom. The van der Waals surface area contributed by atoms with Crippen LogP contribution in [-0.4, -0.2) is 22.0 Å². The first-order valence-electron chi connectivity index (χ1n) is 7.56. The van der Waals surface area contributed by atoms with E-state index in [4.69, 9.17) is 17.3 Å². The van der Waals surface area contributed by atoms with E-state index in [2.05, 4.69) is 10.3 Å². The summed E-state index contributed by atoms with van der Waals surface area (Å²) in [6, 6.07) is 3.17. The number of hydrogen-bond donors (Lipinski definition) is 2. The van der Waals surface area contributed by atoms with Gasteiger partial charge in [-0.25, -0.2) is 4.98 Å². The van der Waals surface area contributed by atoms with Gasteiger partial charge in [0.25, 0.3) is 0 Å². The highest BCUT2D eigenvalue weighted by Crippen LogP contribution is 2.36. The summed E-state index contributed by atoms with van der Waals surface area (Å²) in [5, 5.41) is 1.37. The minimum atomic E-state index is -4.62. The number of nitrogens with zero attached hydrogens (tertiary/aromatic N) is 1. The molecule has 0 radical (unpaired) electrons. The molecule has 1 atom stereocenters. The van der Waals surface area contributed by atoms with Crippen LogP contribution in [0.25, 0.3) is 0 Å². The molecule has 0 aliphatic rings. The molecule has 0 spiro atoms. The summed E-state index contributed by atoms with van der Waals surface area (Å²) in [6.45, 7) is 3.33. The fraction of sp³-hybridized carbons (Fsp3) is 0.312. The van der Waals surface area contributed by atoms with Gasteiger partial charge in [-0.1, -0.05) is 23.4 Å². The molecule has 1 heterocycles. The Morgan fingerprint density at radius 3 is 2.67 bits per heavy atom. The molecular formula is C16H15ClF3N3O2S2. The molecule has 0 fully saturated rings. The Hall–Kier alpha value is -1.78. The number of primary amides is 1. The number of nitrogens with one attached hydrogen (secondary N) is 1. The van der Waals surface area contributed by atoms with Crippen LogP contribution in [0.5, 0.6) is 0 Å². The molecule has 27 heavy (non-hydrogen) atoms. The van der Waals surface area contributed by atoms with Gasteiger partial charge in [-0.05, 0) is 32.0 Å². The third kappa shape index (κ3) is 5.85. The van der Waals surface area contributed by atoms with E-state index in [0.717, 1.165) is 23.9 Å². The average molecular weight is 438 g/mol. The molecular weight excluding hydrogens is 423 g/mol. The van der Waals surface area contributed by atoms with Gasteiger partial charge >= 0.3 is 6.18 Å². The molecule has 0 aliphatic heterocycles. The normalized spacial score (nSPS) is 12.7. The minimum Gasteiger partial charge on any atom is -0.369 e. The molecule has 0 bridgehead atoms. The predicted molar refractivity (Wildman–Crippen MR) is 100 cm³/mol. The largest absolute Gasteiger partial charge is 0.417 e. The van der Waals surface area contributed by atoms with Crippen molar-refractivity contribution in [2.45, 2.75) is 36.0 Å². The first kappa shape index (κ1) is 21.5. The second-order valence-corrected chi connectivity index (χ2v) is 8.65. The van der Waals surface area contributed by atoms with E-state index in [9.17, 15) is 22.8 Å². The van der Waals surface area contributed by atoms with Crippen LogP contribution in [0.1, 0.15) is 23.1 Å². The Kier molecular flexibility index (Phi) is 6.77. The van der Waals surface area contributed by atoms with Gasteiger partial charge < -0.3 is 11.1 Å². The van der Waals surface area contributed by atoms with Crippen LogP contribution in [0.3, 0.4) is 0 Å². The fourth-order valence-electron chi connectivity index (χ4n) is 2.04. The number of anilines is 1. The van der Waals surface area contributed by atoms with E-state index in [-0.39, 0.29) is 12.1 Å². The van der Waals surface area contributed by atoms with Crippen LogP contribution in [0.2, 0.25) is 5.02 Å². The van der Waals surface area contributed by atoms with Gasteiger partial charge in [-0.15, -0.1) is 11.3 Å². The van der Waals surface area contributed by atoms with Gasteiger partial charge in [0.05, 0.1) is 28.0 Å². The smallest absolute Gasteiger partial charge is 0.369 e. The van der Waals surface area contributed by atoms with E-state index in [1.807, 2.05) is 0 Å². The number of aromatic nitrogens is 1. The van der Waals surface area contributed by atoms with Gasteiger partial charge in [-0.2, -0.15) is 13.2 Å². The maximum atomic E-state index is 12.9. The van der Waals surface area contributed by atoms with Crippen molar-refractivity contribution >= 4 is 52.2 Å². The van der Waals surface area contributed by atoms with Crippen LogP contribution in [0, 0.1) is 6.92 Å². The lowest BCUT2D eigenvalue weighted by Crippen LogP contribution is -2.22. The predicted octanol–water partition coefficient (Wildman–Crippen LogP) is 4.27. The first-order chi connectivity index (χ1) is 12.5. The molecule has 1 aromatic carbocycles. The molecule has 11 heteroatoms. The summed E-state index contributed by atoms with van der Waals surface area (Å²) in [4.78, 5) is 28.3. The highest BCUT2D eigenvalue weighted by Gasteiger charge is 2.33. The number of rotatable bonds is 6. The number of aryl methyl sites for hydroxylation is 1. The highest BCUT2D eigenvalue weighted by molar-refractivity contribution is 8.02. The third-order valence-corrected chi connectivity index (χ3v) is 6.07. The summed E-state index contributed by atoms with van der Waals surface area (Å²) in [5.41, 5.74) is 4.80. The number of alkyl halides is 3. The van der Waals surface area contributed by atoms with E-state index >= 15 is 0 Å². The number of benzene rings is 1. The van der Waals surface area contributed by atoms with Crippen molar-refractivity contribution in [1.29, 1.82) is 0 Å². The lowest BCUT2D eigenvalue weighted by atomic mass is 10.2. The summed E-state index contributed by atoms with van der Waals surface area (Å²) in [6.07, 6.45) is -4.55. The summed E-state index contributed by atoms with van der Waals surface area (Å²) >= 11 is 7.96. The molecule has 1 aromatic heterocycles. The molecule has 0 saturated carbocycles. The Bertz CT molecular complexity index is 871. The van der Waals surface area contributed by atoms with Crippen molar-refractivity contribution in [2.75, 3.05) is 5.32 Å². The maximum absolute atomic E-state index is 12.9. The van der Waals surface area contributed by atoms with Crippen molar-refractivity contribution in [1.82, 2.24) is 4.98 Å². The zero-order valence-electron chi connectivity index (χ0n) is 14.2. The lowest BCUT2D eigenvalue weighted by Gasteiger charge is -2.13. The number of amides is 2. The van der Waals surface area contributed by atoms with Crippen molar-refractivity contribution < 1.29 is 22.8 Å². The van der Waals surface area contributed by atoms with Crippen molar-refractivity contribution in [3.05, 3.63) is 39.4 Å². The zero-order valence-corrected chi connectivity index (χ0v) is 16.6. The van der Waals surface area contributed by atoms with Gasteiger partial charge in [-0.3, -0.25) is 9.59 Å². The second kappa shape index (κ2) is 8.49. The molecule has 2 rings (SSSR count). The summed E-state index contributed by atoms with van der Waals surface area (Å²) < 4.78 is 39.3. The maximum Gasteiger partial charge on any atom is 0.417 e. The first-order valence-corrected chi connectivity index (χ1v) is 9.63. The number of carbonyl (C=O) groups excluding carboxylic acids is 2. The Morgan fingerprint density at radius 2 is 2.07 bits per heavy atom. The van der Waals surface area contributed by atoms with E-state index in [0.29, 0.717) is 14.9 Å². The van der Waals surface area contributed by atoms with Gasteiger partial charge in [0, 0.05) is 10.6 Å². The molecule has 146 valence electrons. The Labute approximate surface area is 166 Å². The number of thiazole rings is 1. The number of carbonyl (C=O) groups is 2. The number of halogens is 4. The molecule has 2 amide bonds. The molecule has 1 unspecified atom stereocenters. The second-order valence-electron chi connectivity index (χ2n) is 5.57. The zero-order chi connectivity index (χ0) is 20.4. The van der Waals surface area contributed by atoms with E-state index < -0.39 is 33.8 Å². The van der Waals surface area contributed by atoms with Crippen molar-refractivity contribution in [3.8, 4) is 0 Å². The van der Waals surface area contributed by atoms with Gasteiger partial charge in [0.15, 0.2) is 4.34 Å². The molecule has 5 nitrogen and oxygen atoms in total. The highest BCUT2D eigenvalue weighted by atomic mass is 35.5. The molecule has 3 N–H and O–H groups in total. The average Bonchev–Trinajstić information content (AvgIpc) is 2.86. The summed E-state index contributed by atoms with van der Waals surface area (Å²) in [5.74, 6) is -0.966. The quantitative estimate of drug-likeness (QED) is 0.661. The minimum absolute atomic E-state index is 0.00564. The van der Waals surface area contributed by atoms with Crippen LogP contribution in [0.4, 0.5) is 18.9 Å². The molecule has 0 saturated heterocycles. The molecule has 2 aromatic rings. The number of hydrogen-bond acceptors (Lipinski definition) is 5. The van der Waals surface area contributed by atoms with Crippen LogP contribution in [0.15, 0.2) is 22.5 Å². The fourth-order valence-corrected chi connectivity index (χ4v) is 4.65.